The number of nitrogens with zero attached hydrogens (tertiary/aromatic N) is 1. The minimum atomic E-state index is -0.564. The van der Waals surface area contributed by atoms with E-state index >= 15 is 0 Å². The Morgan fingerprint density at radius 3 is 2.60 bits per heavy atom. The highest BCUT2D eigenvalue weighted by Gasteiger charge is 2.23. The number of thioether (sulfide) groups is 1. The molecule has 0 spiro atoms. The van der Waals surface area contributed by atoms with Crippen LogP contribution in [0.3, 0.4) is 0 Å². The maximum atomic E-state index is 10.8. The summed E-state index contributed by atoms with van der Waals surface area (Å²) in [5.74, 6) is 0.668. The second-order valence-corrected chi connectivity index (χ2v) is 4.71. The maximum absolute atomic E-state index is 10.8. The van der Waals surface area contributed by atoms with Gasteiger partial charge in [0.25, 0.3) is 0 Å². The average molecular weight is 267 g/mol. The van der Waals surface area contributed by atoms with Crippen LogP contribution in [0.2, 0.25) is 10.0 Å². The SMILES string of the molecule is CCSc1c(Cl)cc(Cl)c(N)c1[N+](=O)[O-]. The molecule has 1 rings (SSSR count). The van der Waals surface area contributed by atoms with Crippen molar-refractivity contribution >= 4 is 46.3 Å². The van der Waals surface area contributed by atoms with Gasteiger partial charge in [0.2, 0.25) is 0 Å². The number of nitro benzene ring substituents is 1. The third-order valence-corrected chi connectivity index (χ3v) is 3.38. The number of nitro groups is 1. The first-order chi connectivity index (χ1) is 6.99. The molecule has 15 heavy (non-hydrogen) atoms. The van der Waals surface area contributed by atoms with Gasteiger partial charge in [-0.3, -0.25) is 10.1 Å². The molecule has 0 aromatic heterocycles. The molecule has 0 unspecified atom stereocenters. The van der Waals surface area contributed by atoms with Crippen molar-refractivity contribution in [3.8, 4) is 0 Å². The largest absolute Gasteiger partial charge is 0.392 e. The number of anilines is 1. The summed E-state index contributed by atoms with van der Waals surface area (Å²) < 4.78 is 0. The van der Waals surface area contributed by atoms with Gasteiger partial charge in [-0.1, -0.05) is 30.1 Å². The fraction of sp³-hybridized carbons (Fsp3) is 0.250. The summed E-state index contributed by atoms with van der Waals surface area (Å²) >= 11 is 12.8. The third kappa shape index (κ3) is 2.48. The molecule has 0 saturated heterocycles. The smallest absolute Gasteiger partial charge is 0.308 e. The number of benzene rings is 1. The molecule has 0 fully saturated rings. The number of nitrogens with two attached hydrogens (primary N) is 1. The lowest BCUT2D eigenvalue weighted by Gasteiger charge is -2.07. The Balaban J connectivity index is 3.47. The van der Waals surface area contributed by atoms with Crippen molar-refractivity contribution in [3.63, 3.8) is 0 Å². The molecular formula is C8H8Cl2N2O2S. The Morgan fingerprint density at radius 2 is 2.13 bits per heavy atom. The molecule has 0 aliphatic carbocycles. The van der Waals surface area contributed by atoms with Gasteiger partial charge >= 0.3 is 5.69 Å². The fourth-order valence-corrected chi connectivity index (χ4v) is 2.49. The van der Waals surface area contributed by atoms with Gasteiger partial charge in [0.1, 0.15) is 10.6 Å². The third-order valence-electron chi connectivity index (χ3n) is 1.67. The van der Waals surface area contributed by atoms with Crippen molar-refractivity contribution in [1.29, 1.82) is 0 Å². The zero-order valence-electron chi connectivity index (χ0n) is 7.79. The zero-order chi connectivity index (χ0) is 11.6. The van der Waals surface area contributed by atoms with Crippen LogP contribution in [0.15, 0.2) is 11.0 Å². The molecule has 4 nitrogen and oxygen atoms in total. The van der Waals surface area contributed by atoms with Gasteiger partial charge in [0.05, 0.1) is 15.0 Å². The second-order valence-electron chi connectivity index (χ2n) is 2.62. The van der Waals surface area contributed by atoms with Gasteiger partial charge < -0.3 is 5.73 Å². The lowest BCUT2D eigenvalue weighted by atomic mass is 10.3. The van der Waals surface area contributed by atoms with Crippen molar-refractivity contribution < 1.29 is 4.92 Å². The lowest BCUT2D eigenvalue weighted by Crippen LogP contribution is -1.99. The Labute approximate surface area is 101 Å². The van der Waals surface area contributed by atoms with Crippen LogP contribution in [0, 0.1) is 10.1 Å². The van der Waals surface area contributed by atoms with Crippen LogP contribution >= 0.6 is 35.0 Å². The van der Waals surface area contributed by atoms with Crippen LogP contribution < -0.4 is 5.73 Å². The summed E-state index contributed by atoms with van der Waals surface area (Å²) in [5.41, 5.74) is 5.29. The van der Waals surface area contributed by atoms with Gasteiger partial charge in [-0.2, -0.15) is 0 Å². The number of hydrogen-bond donors (Lipinski definition) is 1. The summed E-state index contributed by atoms with van der Waals surface area (Å²) in [6, 6.07) is 1.42. The van der Waals surface area contributed by atoms with Crippen LogP contribution in [0.4, 0.5) is 11.4 Å². The summed E-state index contributed by atoms with van der Waals surface area (Å²) in [5, 5.41) is 11.2. The molecule has 0 amide bonds. The first-order valence-electron chi connectivity index (χ1n) is 4.03. The van der Waals surface area contributed by atoms with E-state index in [2.05, 4.69) is 0 Å². The summed E-state index contributed by atoms with van der Waals surface area (Å²) in [7, 11) is 0. The highest BCUT2D eigenvalue weighted by atomic mass is 35.5. The molecule has 0 bridgehead atoms. The number of hydrogen-bond acceptors (Lipinski definition) is 4. The molecule has 2 N–H and O–H groups in total. The van der Waals surface area contributed by atoms with Crippen LogP contribution in [0.1, 0.15) is 6.92 Å². The molecular weight excluding hydrogens is 259 g/mol. The van der Waals surface area contributed by atoms with E-state index in [4.69, 9.17) is 28.9 Å². The predicted octanol–water partition coefficient (Wildman–Crippen LogP) is 3.60. The second kappa shape index (κ2) is 4.92. The van der Waals surface area contributed by atoms with Crippen molar-refractivity contribution in [2.75, 3.05) is 11.5 Å². The minimum absolute atomic E-state index is 0.0398. The Morgan fingerprint density at radius 1 is 1.53 bits per heavy atom. The number of nitrogen functional groups attached to an aromatic ring is 1. The van der Waals surface area contributed by atoms with E-state index in [-0.39, 0.29) is 21.4 Å². The molecule has 0 aliphatic rings. The average Bonchev–Trinajstić information content (AvgIpc) is 2.14. The molecule has 7 heteroatoms. The number of halogens is 2. The summed E-state index contributed by atoms with van der Waals surface area (Å²) in [4.78, 5) is 10.6. The lowest BCUT2D eigenvalue weighted by molar-refractivity contribution is -0.386. The number of rotatable bonds is 3. The predicted molar refractivity (Wildman–Crippen MR) is 63.9 cm³/mol. The van der Waals surface area contributed by atoms with Crippen molar-refractivity contribution in [2.24, 2.45) is 0 Å². The molecule has 0 atom stereocenters. The van der Waals surface area contributed by atoms with Crippen LogP contribution in [0.5, 0.6) is 0 Å². The quantitative estimate of drug-likeness (QED) is 0.393. The molecule has 0 radical (unpaired) electrons. The molecule has 0 aliphatic heterocycles. The monoisotopic (exact) mass is 266 g/mol. The van der Waals surface area contributed by atoms with E-state index in [9.17, 15) is 10.1 Å². The standard InChI is InChI=1S/C8H8Cl2N2O2S/c1-2-15-8-5(10)3-4(9)6(11)7(8)12(13)14/h3H,2,11H2,1H3. The van der Waals surface area contributed by atoms with Crippen molar-refractivity contribution in [2.45, 2.75) is 11.8 Å². The van der Waals surface area contributed by atoms with E-state index in [1.807, 2.05) is 6.92 Å². The molecule has 1 aromatic carbocycles. The van der Waals surface area contributed by atoms with Crippen molar-refractivity contribution in [3.05, 3.63) is 26.2 Å². The van der Waals surface area contributed by atoms with E-state index < -0.39 is 4.92 Å². The Kier molecular flexibility index (Phi) is 4.07. The molecule has 1 aromatic rings. The minimum Gasteiger partial charge on any atom is -0.392 e. The van der Waals surface area contributed by atoms with Crippen molar-refractivity contribution in [1.82, 2.24) is 0 Å². The van der Waals surface area contributed by atoms with Crippen LogP contribution in [0.25, 0.3) is 0 Å². The molecule has 82 valence electrons. The van der Waals surface area contributed by atoms with E-state index in [1.165, 1.54) is 17.8 Å². The van der Waals surface area contributed by atoms with E-state index in [0.717, 1.165) is 0 Å². The first-order valence-corrected chi connectivity index (χ1v) is 5.77. The van der Waals surface area contributed by atoms with Gasteiger partial charge in [0, 0.05) is 0 Å². The summed E-state index contributed by atoms with van der Waals surface area (Å²) in [6.45, 7) is 1.87. The first kappa shape index (κ1) is 12.4. The van der Waals surface area contributed by atoms with Gasteiger partial charge in [0.15, 0.2) is 0 Å². The highest BCUT2D eigenvalue weighted by molar-refractivity contribution is 7.99. The Bertz CT molecular complexity index is 412. The van der Waals surface area contributed by atoms with Gasteiger partial charge in [-0.05, 0) is 11.8 Å². The maximum Gasteiger partial charge on any atom is 0.308 e. The fourth-order valence-electron chi connectivity index (χ4n) is 1.07. The molecule has 0 saturated carbocycles. The van der Waals surface area contributed by atoms with Crippen LogP contribution in [-0.4, -0.2) is 10.7 Å². The highest BCUT2D eigenvalue weighted by Crippen LogP contribution is 2.43. The summed E-state index contributed by atoms with van der Waals surface area (Å²) in [6.07, 6.45) is 0. The normalized spacial score (nSPS) is 10.3. The topological polar surface area (TPSA) is 69.2 Å². The van der Waals surface area contributed by atoms with E-state index in [1.54, 1.807) is 0 Å². The van der Waals surface area contributed by atoms with Gasteiger partial charge in [-0.15, -0.1) is 11.8 Å². The zero-order valence-corrected chi connectivity index (χ0v) is 10.1. The van der Waals surface area contributed by atoms with E-state index in [0.29, 0.717) is 10.6 Å². The van der Waals surface area contributed by atoms with Crippen LogP contribution in [-0.2, 0) is 0 Å². The Hall–Kier alpha value is -0.650. The van der Waals surface area contributed by atoms with Gasteiger partial charge in [-0.25, -0.2) is 0 Å². The molecule has 0 heterocycles.